The van der Waals surface area contributed by atoms with Crippen LogP contribution in [-0.4, -0.2) is 24.1 Å². The van der Waals surface area contributed by atoms with E-state index in [1.165, 1.54) is 6.07 Å². The number of hydrogen-bond donors (Lipinski definition) is 1. The first-order chi connectivity index (χ1) is 12.1. The minimum absolute atomic E-state index is 0.0280. The minimum atomic E-state index is -5.61. The first kappa shape index (κ1) is 17.7. The van der Waals surface area contributed by atoms with E-state index in [1.54, 1.807) is 6.07 Å². The number of H-pyrrole nitrogens is 1. The van der Waals surface area contributed by atoms with Gasteiger partial charge in [-0.05, 0) is 24.3 Å². The van der Waals surface area contributed by atoms with Gasteiger partial charge in [-0.15, -0.1) is 0 Å². The zero-order valence-electron chi connectivity index (χ0n) is 12.5. The molecule has 0 fully saturated rings. The molecule has 6 nitrogen and oxygen atoms in total. The van der Waals surface area contributed by atoms with Crippen molar-refractivity contribution in [1.29, 1.82) is 5.26 Å². The van der Waals surface area contributed by atoms with E-state index in [9.17, 15) is 26.0 Å². The van der Waals surface area contributed by atoms with Crippen LogP contribution in [0, 0.1) is 17.1 Å². The summed E-state index contributed by atoms with van der Waals surface area (Å²) in [5.74, 6) is -0.904. The predicted molar refractivity (Wildman–Crippen MR) is 80.5 cm³/mol. The summed E-state index contributed by atoms with van der Waals surface area (Å²) >= 11 is 0. The molecule has 1 heterocycles. The van der Waals surface area contributed by atoms with Crippen molar-refractivity contribution in [2.24, 2.45) is 0 Å². The lowest BCUT2D eigenvalue weighted by Crippen LogP contribution is -2.23. The Morgan fingerprint density at radius 2 is 1.92 bits per heavy atom. The van der Waals surface area contributed by atoms with Crippen molar-refractivity contribution in [3.8, 4) is 17.6 Å². The van der Waals surface area contributed by atoms with E-state index >= 15 is 0 Å². The van der Waals surface area contributed by atoms with E-state index in [0.717, 1.165) is 24.4 Å². The molecule has 0 atom stereocenters. The van der Waals surface area contributed by atoms with Gasteiger partial charge in [0.1, 0.15) is 22.2 Å². The molecule has 0 aliphatic rings. The number of aromatic amines is 1. The zero-order valence-corrected chi connectivity index (χ0v) is 13.3. The van der Waals surface area contributed by atoms with Crippen molar-refractivity contribution in [3.05, 3.63) is 47.9 Å². The van der Waals surface area contributed by atoms with E-state index in [0.29, 0.717) is 6.07 Å². The van der Waals surface area contributed by atoms with Gasteiger partial charge in [-0.3, -0.25) is 5.10 Å². The van der Waals surface area contributed by atoms with Gasteiger partial charge < -0.3 is 4.74 Å². The molecule has 0 amide bonds. The number of alkyl halides is 3. The second kappa shape index (κ2) is 5.99. The molecule has 0 unspecified atom stereocenters. The molecule has 1 N–H and O–H groups in total. The highest BCUT2D eigenvalue weighted by molar-refractivity contribution is 7.92. The van der Waals surface area contributed by atoms with Crippen LogP contribution in [-0.2, 0) is 9.84 Å². The number of nitriles is 1. The van der Waals surface area contributed by atoms with Crippen molar-refractivity contribution < 1.29 is 30.7 Å². The Morgan fingerprint density at radius 1 is 1.19 bits per heavy atom. The number of benzene rings is 2. The van der Waals surface area contributed by atoms with Gasteiger partial charge in [0.05, 0.1) is 28.7 Å². The fraction of sp³-hybridized carbons (Fsp3) is 0.0667. The molecule has 0 aliphatic carbocycles. The molecule has 0 saturated carbocycles. The maximum atomic E-state index is 13.5. The number of ether oxygens (including phenoxy) is 1. The Balaban J connectivity index is 2.12. The van der Waals surface area contributed by atoms with E-state index in [2.05, 4.69) is 10.2 Å². The molecule has 134 valence electrons. The first-order valence-corrected chi connectivity index (χ1v) is 8.28. The summed E-state index contributed by atoms with van der Waals surface area (Å²) in [6.07, 6.45) is 1.07. The third kappa shape index (κ3) is 2.95. The number of fused-ring (bicyclic) bond motifs is 1. The molecule has 3 aromatic rings. The Hall–Kier alpha value is -3.13. The lowest BCUT2D eigenvalue weighted by Gasteiger charge is -2.11. The number of rotatable bonds is 3. The lowest BCUT2D eigenvalue weighted by molar-refractivity contribution is -0.0435. The average molecular weight is 385 g/mol. The minimum Gasteiger partial charge on any atom is -0.456 e. The van der Waals surface area contributed by atoms with E-state index in [-0.39, 0.29) is 22.4 Å². The van der Waals surface area contributed by atoms with Gasteiger partial charge in [-0.1, -0.05) is 0 Å². The highest BCUT2D eigenvalue weighted by Gasteiger charge is 2.48. The van der Waals surface area contributed by atoms with Crippen LogP contribution in [0.5, 0.6) is 11.5 Å². The van der Waals surface area contributed by atoms with Crippen LogP contribution in [0.1, 0.15) is 5.56 Å². The summed E-state index contributed by atoms with van der Waals surface area (Å²) in [7, 11) is -5.61. The zero-order chi connectivity index (χ0) is 19.1. The number of nitrogens with one attached hydrogen (secondary N) is 1. The van der Waals surface area contributed by atoms with Gasteiger partial charge in [-0.25, -0.2) is 12.8 Å². The van der Waals surface area contributed by atoms with Crippen molar-refractivity contribution in [2.75, 3.05) is 0 Å². The Labute approximate surface area is 143 Å². The predicted octanol–water partition coefficient (Wildman–Crippen LogP) is 3.66. The molecule has 0 saturated heterocycles. The molecule has 1 aromatic heterocycles. The third-order valence-corrected chi connectivity index (χ3v) is 4.89. The Kier molecular flexibility index (Phi) is 4.08. The maximum Gasteiger partial charge on any atom is 0.501 e. The fourth-order valence-corrected chi connectivity index (χ4v) is 3.16. The smallest absolute Gasteiger partial charge is 0.456 e. The molecule has 2 aromatic carbocycles. The fourth-order valence-electron chi connectivity index (χ4n) is 2.24. The second-order valence-electron chi connectivity index (χ2n) is 5.06. The van der Waals surface area contributed by atoms with E-state index in [4.69, 9.17) is 10.00 Å². The molecule has 0 radical (unpaired) electrons. The third-order valence-electron chi connectivity index (χ3n) is 3.36. The summed E-state index contributed by atoms with van der Waals surface area (Å²) < 4.78 is 80.6. The standard InChI is InChI=1S/C15H7F4N3O3S/c16-9-3-8(6-20)4-10(5-9)25-12-1-2-13(14-11(12)7-21-22-14)26(23,24)15(17,18)19/h1-5,7H,(H,21,22). The summed E-state index contributed by atoms with van der Waals surface area (Å²) in [4.78, 5) is -1.01. The largest absolute Gasteiger partial charge is 0.501 e. The van der Waals surface area contributed by atoms with Crippen molar-refractivity contribution in [1.82, 2.24) is 10.2 Å². The van der Waals surface area contributed by atoms with Gasteiger partial charge in [0.15, 0.2) is 0 Å². The van der Waals surface area contributed by atoms with E-state index < -0.39 is 31.6 Å². The van der Waals surface area contributed by atoms with Crippen LogP contribution >= 0.6 is 0 Å². The molecule has 26 heavy (non-hydrogen) atoms. The number of nitrogens with zero attached hydrogens (tertiary/aromatic N) is 2. The summed E-state index contributed by atoms with van der Waals surface area (Å²) in [6.45, 7) is 0. The van der Waals surface area contributed by atoms with Gasteiger partial charge in [0, 0.05) is 6.07 Å². The molecular formula is C15H7F4N3O3S. The van der Waals surface area contributed by atoms with Crippen LogP contribution in [0.4, 0.5) is 17.6 Å². The maximum absolute atomic E-state index is 13.5. The van der Waals surface area contributed by atoms with Crippen LogP contribution in [0.2, 0.25) is 0 Å². The van der Waals surface area contributed by atoms with Crippen molar-refractivity contribution >= 4 is 20.7 Å². The SMILES string of the molecule is N#Cc1cc(F)cc(Oc2ccc(S(=O)(=O)C(F)(F)F)c3[nH]ncc23)c1. The molecule has 11 heteroatoms. The first-order valence-electron chi connectivity index (χ1n) is 6.79. The van der Waals surface area contributed by atoms with Gasteiger partial charge in [0.25, 0.3) is 9.84 Å². The van der Waals surface area contributed by atoms with Crippen LogP contribution in [0.25, 0.3) is 10.9 Å². The number of sulfone groups is 1. The van der Waals surface area contributed by atoms with Crippen molar-refractivity contribution in [3.63, 3.8) is 0 Å². The van der Waals surface area contributed by atoms with Crippen LogP contribution in [0.15, 0.2) is 41.4 Å². The lowest BCUT2D eigenvalue weighted by atomic mass is 10.2. The molecule has 0 bridgehead atoms. The second-order valence-corrected chi connectivity index (χ2v) is 6.97. The van der Waals surface area contributed by atoms with Gasteiger partial charge in [0.2, 0.25) is 0 Å². The monoisotopic (exact) mass is 385 g/mol. The number of halogens is 4. The summed E-state index contributed by atoms with van der Waals surface area (Å²) in [5.41, 5.74) is -5.92. The molecule has 3 rings (SSSR count). The van der Waals surface area contributed by atoms with E-state index in [1.807, 2.05) is 0 Å². The van der Waals surface area contributed by atoms with Gasteiger partial charge >= 0.3 is 5.51 Å². The Bertz CT molecular complexity index is 1150. The summed E-state index contributed by atoms with van der Waals surface area (Å²) in [6, 6.07) is 6.59. The van der Waals surface area contributed by atoms with Crippen LogP contribution in [0.3, 0.4) is 0 Å². The highest BCUT2D eigenvalue weighted by Crippen LogP contribution is 2.38. The number of aromatic nitrogens is 2. The Morgan fingerprint density at radius 3 is 2.58 bits per heavy atom. The highest BCUT2D eigenvalue weighted by atomic mass is 32.2. The van der Waals surface area contributed by atoms with Crippen molar-refractivity contribution in [2.45, 2.75) is 10.4 Å². The molecule has 0 spiro atoms. The molecule has 0 aliphatic heterocycles. The van der Waals surface area contributed by atoms with Gasteiger partial charge in [-0.2, -0.15) is 23.5 Å². The topological polar surface area (TPSA) is 95.8 Å². The number of hydrogen-bond acceptors (Lipinski definition) is 5. The molecular weight excluding hydrogens is 378 g/mol. The average Bonchev–Trinajstić information content (AvgIpc) is 3.03. The van der Waals surface area contributed by atoms with Crippen LogP contribution < -0.4 is 4.74 Å². The summed E-state index contributed by atoms with van der Waals surface area (Å²) in [5, 5.41) is 14.5. The quantitative estimate of drug-likeness (QED) is 0.694. The normalized spacial score (nSPS) is 12.1.